The van der Waals surface area contributed by atoms with Gasteiger partial charge in [-0.1, -0.05) is 54.1 Å². The lowest BCUT2D eigenvalue weighted by molar-refractivity contribution is -0.142. The highest BCUT2D eigenvalue weighted by Crippen LogP contribution is 2.22. The molecule has 0 heterocycles. The molecule has 6 heteroatoms. The fourth-order valence-electron chi connectivity index (χ4n) is 2.10. The third-order valence-corrected chi connectivity index (χ3v) is 3.55. The van der Waals surface area contributed by atoms with E-state index in [-0.39, 0.29) is 6.61 Å². The van der Waals surface area contributed by atoms with Crippen LogP contribution in [0.5, 0.6) is 0 Å². The predicted molar refractivity (Wildman–Crippen MR) is 86.2 cm³/mol. The van der Waals surface area contributed by atoms with E-state index in [1.54, 1.807) is 24.3 Å². The highest BCUT2D eigenvalue weighted by Gasteiger charge is 2.29. The number of ether oxygens (including phenoxy) is 1. The molecule has 0 fully saturated rings. The summed E-state index contributed by atoms with van der Waals surface area (Å²) in [6.45, 7) is 0.0803. The number of likely N-dealkylation sites (N-methyl/N-ethyl adjacent to an activating group) is 1. The topological polar surface area (TPSA) is 66.8 Å². The molecule has 1 amide bonds. The highest BCUT2D eigenvalue weighted by atomic mass is 35.5. The van der Waals surface area contributed by atoms with Crippen LogP contribution in [-0.2, 0) is 16.1 Å². The van der Waals surface area contributed by atoms with Gasteiger partial charge in [-0.15, -0.1) is 0 Å². The second-order valence-electron chi connectivity index (χ2n) is 4.94. The standard InChI is InChI=1S/C17H16ClNO4/c1-19(17(22)23-11-12-5-3-2-4-6-12)15(16(20)21)13-7-9-14(18)10-8-13/h2-10,15H,11H2,1H3,(H,20,21). The summed E-state index contributed by atoms with van der Waals surface area (Å²) < 4.78 is 5.16. The number of benzene rings is 2. The Morgan fingerprint density at radius 1 is 1.13 bits per heavy atom. The first kappa shape index (κ1) is 16.8. The van der Waals surface area contributed by atoms with Crippen LogP contribution in [0.3, 0.4) is 0 Å². The minimum absolute atomic E-state index is 0.0803. The zero-order valence-electron chi connectivity index (χ0n) is 12.5. The number of aliphatic carboxylic acids is 1. The SMILES string of the molecule is CN(C(=O)OCc1ccccc1)C(C(=O)O)c1ccc(Cl)cc1. The van der Waals surface area contributed by atoms with Gasteiger partial charge in [-0.3, -0.25) is 4.90 Å². The second-order valence-corrected chi connectivity index (χ2v) is 5.38. The third kappa shape index (κ3) is 4.47. The van der Waals surface area contributed by atoms with Crippen molar-refractivity contribution < 1.29 is 19.4 Å². The highest BCUT2D eigenvalue weighted by molar-refractivity contribution is 6.30. The lowest BCUT2D eigenvalue weighted by atomic mass is 10.1. The molecular weight excluding hydrogens is 318 g/mol. The van der Waals surface area contributed by atoms with E-state index in [9.17, 15) is 14.7 Å². The largest absolute Gasteiger partial charge is 0.479 e. The van der Waals surface area contributed by atoms with Gasteiger partial charge in [0.05, 0.1) is 0 Å². The van der Waals surface area contributed by atoms with Crippen LogP contribution >= 0.6 is 11.6 Å². The summed E-state index contributed by atoms with van der Waals surface area (Å²) in [5.74, 6) is -1.15. The van der Waals surface area contributed by atoms with E-state index < -0.39 is 18.1 Å². The molecule has 0 saturated heterocycles. The first-order chi connectivity index (χ1) is 11.0. The van der Waals surface area contributed by atoms with Gasteiger partial charge in [0.2, 0.25) is 0 Å². The normalized spacial score (nSPS) is 11.6. The average molecular weight is 334 g/mol. The Morgan fingerprint density at radius 3 is 2.30 bits per heavy atom. The summed E-state index contributed by atoms with van der Waals surface area (Å²) in [6.07, 6.45) is -0.712. The lowest BCUT2D eigenvalue weighted by Crippen LogP contribution is -2.36. The number of rotatable bonds is 5. The van der Waals surface area contributed by atoms with Crippen LogP contribution in [0.4, 0.5) is 4.79 Å². The Hall–Kier alpha value is -2.53. The molecule has 2 aromatic carbocycles. The Balaban J connectivity index is 2.08. The van der Waals surface area contributed by atoms with Crippen molar-refractivity contribution in [3.05, 3.63) is 70.7 Å². The van der Waals surface area contributed by atoms with Crippen molar-refractivity contribution in [3.8, 4) is 0 Å². The molecule has 1 unspecified atom stereocenters. The number of carbonyl (C=O) groups is 2. The lowest BCUT2D eigenvalue weighted by Gasteiger charge is -2.24. The van der Waals surface area contributed by atoms with Crippen molar-refractivity contribution in [3.63, 3.8) is 0 Å². The minimum atomic E-state index is -1.15. The van der Waals surface area contributed by atoms with Gasteiger partial charge in [-0.2, -0.15) is 0 Å². The molecule has 0 spiro atoms. The molecule has 0 bridgehead atoms. The van der Waals surface area contributed by atoms with E-state index in [0.29, 0.717) is 10.6 Å². The number of carboxylic acid groups (broad SMARTS) is 1. The molecule has 0 aliphatic heterocycles. The van der Waals surface area contributed by atoms with Crippen molar-refractivity contribution in [2.24, 2.45) is 0 Å². The van der Waals surface area contributed by atoms with E-state index in [1.165, 1.54) is 7.05 Å². The predicted octanol–water partition coefficient (Wildman–Crippen LogP) is 3.73. The molecule has 120 valence electrons. The number of hydrogen-bond donors (Lipinski definition) is 1. The number of amides is 1. The van der Waals surface area contributed by atoms with E-state index >= 15 is 0 Å². The van der Waals surface area contributed by atoms with Gasteiger partial charge >= 0.3 is 12.1 Å². The van der Waals surface area contributed by atoms with Crippen molar-refractivity contribution >= 4 is 23.7 Å². The molecule has 5 nitrogen and oxygen atoms in total. The molecule has 0 saturated carbocycles. The van der Waals surface area contributed by atoms with Gasteiger partial charge in [0.15, 0.2) is 6.04 Å². The van der Waals surface area contributed by atoms with Crippen molar-refractivity contribution in [2.75, 3.05) is 7.05 Å². The smallest absolute Gasteiger partial charge is 0.410 e. The molecule has 23 heavy (non-hydrogen) atoms. The number of hydrogen-bond acceptors (Lipinski definition) is 3. The maximum atomic E-state index is 12.1. The fraction of sp³-hybridized carbons (Fsp3) is 0.176. The Bertz CT molecular complexity index is 673. The number of carbonyl (C=O) groups excluding carboxylic acids is 1. The third-order valence-electron chi connectivity index (χ3n) is 3.30. The van der Waals surface area contributed by atoms with Crippen molar-refractivity contribution in [1.82, 2.24) is 4.90 Å². The molecule has 1 atom stereocenters. The second kappa shape index (κ2) is 7.65. The van der Waals surface area contributed by atoms with Gasteiger partial charge in [0.25, 0.3) is 0 Å². The average Bonchev–Trinajstić information content (AvgIpc) is 2.55. The summed E-state index contributed by atoms with van der Waals surface area (Å²) in [7, 11) is 1.39. The van der Waals surface area contributed by atoms with E-state index in [0.717, 1.165) is 10.5 Å². The molecule has 2 rings (SSSR count). The minimum Gasteiger partial charge on any atom is -0.479 e. The van der Waals surface area contributed by atoms with Crippen molar-refractivity contribution in [2.45, 2.75) is 12.6 Å². The number of carboxylic acids is 1. The van der Waals surface area contributed by atoms with Gasteiger partial charge in [-0.25, -0.2) is 9.59 Å². The fourth-order valence-corrected chi connectivity index (χ4v) is 2.23. The molecule has 2 aromatic rings. The molecular formula is C17H16ClNO4. The van der Waals surface area contributed by atoms with Gasteiger partial charge in [0, 0.05) is 12.1 Å². The van der Waals surface area contributed by atoms with Crippen LogP contribution in [-0.4, -0.2) is 29.1 Å². The van der Waals surface area contributed by atoms with Crippen LogP contribution in [0.2, 0.25) is 5.02 Å². The maximum Gasteiger partial charge on any atom is 0.410 e. The Labute approximate surface area is 139 Å². The summed E-state index contributed by atoms with van der Waals surface area (Å²) in [6, 6.07) is 14.3. The Kier molecular flexibility index (Phi) is 5.60. The molecule has 0 radical (unpaired) electrons. The first-order valence-corrected chi connectivity index (χ1v) is 7.28. The van der Waals surface area contributed by atoms with Crippen molar-refractivity contribution in [1.29, 1.82) is 0 Å². The van der Waals surface area contributed by atoms with Gasteiger partial charge in [-0.05, 0) is 23.3 Å². The quantitative estimate of drug-likeness (QED) is 0.905. The number of halogens is 1. The summed E-state index contributed by atoms with van der Waals surface area (Å²) in [5.41, 5.74) is 1.27. The summed E-state index contributed by atoms with van der Waals surface area (Å²) in [5, 5.41) is 9.91. The summed E-state index contributed by atoms with van der Waals surface area (Å²) in [4.78, 5) is 24.7. The molecule has 0 aliphatic rings. The van der Waals surface area contributed by atoms with Crippen LogP contribution in [0.25, 0.3) is 0 Å². The van der Waals surface area contributed by atoms with Crippen LogP contribution in [0.15, 0.2) is 54.6 Å². The van der Waals surface area contributed by atoms with E-state index in [4.69, 9.17) is 16.3 Å². The zero-order valence-corrected chi connectivity index (χ0v) is 13.2. The maximum absolute atomic E-state index is 12.1. The first-order valence-electron chi connectivity index (χ1n) is 6.91. The van der Waals surface area contributed by atoms with Crippen LogP contribution in [0, 0.1) is 0 Å². The summed E-state index contributed by atoms with van der Waals surface area (Å²) >= 11 is 5.80. The monoisotopic (exact) mass is 333 g/mol. The van der Waals surface area contributed by atoms with Crippen LogP contribution in [0.1, 0.15) is 17.2 Å². The molecule has 0 aromatic heterocycles. The molecule has 0 aliphatic carbocycles. The van der Waals surface area contributed by atoms with Gasteiger partial charge < -0.3 is 9.84 Å². The molecule has 1 N–H and O–H groups in total. The van der Waals surface area contributed by atoms with E-state index in [2.05, 4.69) is 0 Å². The Morgan fingerprint density at radius 2 is 1.74 bits per heavy atom. The number of nitrogens with zero attached hydrogens (tertiary/aromatic N) is 1. The van der Waals surface area contributed by atoms with Crippen LogP contribution < -0.4 is 0 Å². The van der Waals surface area contributed by atoms with Gasteiger partial charge in [0.1, 0.15) is 6.61 Å². The zero-order chi connectivity index (χ0) is 16.8. The van der Waals surface area contributed by atoms with E-state index in [1.807, 2.05) is 30.3 Å².